The third kappa shape index (κ3) is 2.22. The van der Waals surface area contributed by atoms with E-state index in [1.165, 1.54) is 19.3 Å². The second-order valence-corrected chi connectivity index (χ2v) is 5.76. The van der Waals surface area contributed by atoms with Gasteiger partial charge in [-0.2, -0.15) is 0 Å². The molecule has 0 bridgehead atoms. The minimum Gasteiger partial charge on any atom is -0.357 e. The van der Waals surface area contributed by atoms with Crippen molar-refractivity contribution >= 4 is 11.5 Å². The molecule has 0 saturated carbocycles. The van der Waals surface area contributed by atoms with Crippen molar-refractivity contribution in [2.45, 2.75) is 26.2 Å². The van der Waals surface area contributed by atoms with Gasteiger partial charge < -0.3 is 4.90 Å². The van der Waals surface area contributed by atoms with Crippen molar-refractivity contribution in [3.63, 3.8) is 0 Å². The van der Waals surface area contributed by atoms with E-state index in [2.05, 4.69) is 19.3 Å². The molecule has 112 valence electrons. The van der Waals surface area contributed by atoms with E-state index >= 15 is 0 Å². The Morgan fingerprint density at radius 3 is 2.73 bits per heavy atom. The van der Waals surface area contributed by atoms with Gasteiger partial charge in [0.1, 0.15) is 17.2 Å². The Kier molecular flexibility index (Phi) is 3.25. The average molecular weight is 293 g/mol. The third-order valence-corrected chi connectivity index (χ3v) is 4.24. The smallest absolute Gasteiger partial charge is 0.180 e. The second-order valence-electron chi connectivity index (χ2n) is 5.76. The van der Waals surface area contributed by atoms with E-state index in [-0.39, 0.29) is 0 Å². The molecule has 5 heteroatoms. The highest BCUT2D eigenvalue weighted by Gasteiger charge is 2.16. The zero-order valence-corrected chi connectivity index (χ0v) is 12.7. The highest BCUT2D eigenvalue weighted by atomic mass is 15.2. The molecular formula is C17H19N5. The molecule has 22 heavy (non-hydrogen) atoms. The fraction of sp³-hybridized carbons (Fsp3) is 0.353. The Labute approximate surface area is 129 Å². The molecule has 1 aliphatic rings. The number of fused-ring (bicyclic) bond motifs is 1. The van der Waals surface area contributed by atoms with Crippen LogP contribution in [0.2, 0.25) is 0 Å². The number of rotatable bonds is 2. The van der Waals surface area contributed by atoms with Gasteiger partial charge in [0.05, 0.1) is 5.69 Å². The summed E-state index contributed by atoms with van der Waals surface area (Å²) in [6.07, 6.45) is 7.68. The van der Waals surface area contributed by atoms with Crippen LogP contribution in [0.4, 0.5) is 5.82 Å². The normalized spacial score (nSPS) is 15.4. The van der Waals surface area contributed by atoms with Crippen molar-refractivity contribution in [1.29, 1.82) is 0 Å². The van der Waals surface area contributed by atoms with Gasteiger partial charge in [0.25, 0.3) is 0 Å². The van der Waals surface area contributed by atoms with E-state index in [1.54, 1.807) is 0 Å². The highest BCUT2D eigenvalue weighted by molar-refractivity contribution is 5.62. The lowest BCUT2D eigenvalue weighted by Gasteiger charge is -2.27. The molecule has 1 aliphatic heterocycles. The van der Waals surface area contributed by atoms with Crippen LogP contribution in [0.15, 0.2) is 36.7 Å². The molecule has 0 unspecified atom stereocenters. The SMILES string of the molecule is Cc1nc2ccccn2c1-c1nccc(N2CCCCC2)n1. The molecule has 1 saturated heterocycles. The van der Waals surface area contributed by atoms with Crippen molar-refractivity contribution in [1.82, 2.24) is 19.4 Å². The first-order valence-corrected chi connectivity index (χ1v) is 7.85. The lowest BCUT2D eigenvalue weighted by Crippen LogP contribution is -2.30. The Morgan fingerprint density at radius 1 is 1.00 bits per heavy atom. The van der Waals surface area contributed by atoms with E-state index in [0.717, 1.165) is 41.8 Å². The zero-order valence-electron chi connectivity index (χ0n) is 12.7. The third-order valence-electron chi connectivity index (χ3n) is 4.24. The molecule has 4 rings (SSSR count). The van der Waals surface area contributed by atoms with Crippen LogP contribution < -0.4 is 4.90 Å². The van der Waals surface area contributed by atoms with E-state index in [4.69, 9.17) is 4.98 Å². The van der Waals surface area contributed by atoms with Crippen LogP contribution in [0.25, 0.3) is 17.2 Å². The molecule has 0 aromatic carbocycles. The summed E-state index contributed by atoms with van der Waals surface area (Å²) in [7, 11) is 0. The maximum absolute atomic E-state index is 4.80. The number of aromatic nitrogens is 4. The predicted octanol–water partition coefficient (Wildman–Crippen LogP) is 3.09. The number of piperidine rings is 1. The Hall–Kier alpha value is -2.43. The van der Waals surface area contributed by atoms with E-state index in [1.807, 2.05) is 43.6 Å². The van der Waals surface area contributed by atoms with Crippen LogP contribution in [0.1, 0.15) is 25.0 Å². The topological polar surface area (TPSA) is 46.3 Å². The number of anilines is 1. The fourth-order valence-corrected chi connectivity index (χ4v) is 3.15. The molecule has 0 amide bonds. The molecule has 0 N–H and O–H groups in total. The highest BCUT2D eigenvalue weighted by Crippen LogP contribution is 2.24. The quantitative estimate of drug-likeness (QED) is 0.728. The Bertz CT molecular complexity index is 802. The summed E-state index contributed by atoms with van der Waals surface area (Å²) in [5.74, 6) is 1.77. The number of hydrogen-bond donors (Lipinski definition) is 0. The fourth-order valence-electron chi connectivity index (χ4n) is 3.15. The monoisotopic (exact) mass is 293 g/mol. The van der Waals surface area contributed by atoms with Gasteiger partial charge in [-0.1, -0.05) is 6.07 Å². The lowest BCUT2D eigenvalue weighted by molar-refractivity contribution is 0.573. The van der Waals surface area contributed by atoms with E-state index in [9.17, 15) is 0 Å². The van der Waals surface area contributed by atoms with Gasteiger partial charge in [0, 0.05) is 25.5 Å². The number of aryl methyl sites for hydroxylation is 1. The Morgan fingerprint density at radius 2 is 1.86 bits per heavy atom. The first kappa shape index (κ1) is 13.2. The van der Waals surface area contributed by atoms with Crippen LogP contribution >= 0.6 is 0 Å². The second kappa shape index (κ2) is 5.40. The molecule has 3 aromatic heterocycles. The molecule has 0 radical (unpaired) electrons. The molecular weight excluding hydrogens is 274 g/mol. The minimum absolute atomic E-state index is 0.749. The maximum atomic E-state index is 4.80. The molecule has 1 fully saturated rings. The maximum Gasteiger partial charge on any atom is 0.180 e. The minimum atomic E-state index is 0.749. The number of hydrogen-bond acceptors (Lipinski definition) is 4. The molecule has 0 spiro atoms. The van der Waals surface area contributed by atoms with Gasteiger partial charge in [-0.25, -0.2) is 15.0 Å². The van der Waals surface area contributed by atoms with Crippen LogP contribution in [0.3, 0.4) is 0 Å². The largest absolute Gasteiger partial charge is 0.357 e. The van der Waals surface area contributed by atoms with Gasteiger partial charge in [0.2, 0.25) is 0 Å². The standard InChI is InChI=1S/C17H19N5/c1-13-16(22-12-6-3-7-15(22)19-13)17-18-9-8-14(20-17)21-10-4-2-5-11-21/h3,6-9,12H,2,4-5,10-11H2,1H3. The first-order chi connectivity index (χ1) is 10.8. The van der Waals surface area contributed by atoms with Crippen LogP contribution in [-0.4, -0.2) is 32.4 Å². The van der Waals surface area contributed by atoms with Gasteiger partial charge in [-0.3, -0.25) is 4.40 Å². The first-order valence-electron chi connectivity index (χ1n) is 7.85. The lowest BCUT2D eigenvalue weighted by atomic mass is 10.1. The zero-order chi connectivity index (χ0) is 14.9. The van der Waals surface area contributed by atoms with E-state index < -0.39 is 0 Å². The summed E-state index contributed by atoms with van der Waals surface area (Å²) in [6, 6.07) is 8.01. The van der Waals surface area contributed by atoms with E-state index in [0.29, 0.717) is 0 Å². The molecule has 3 aromatic rings. The van der Waals surface area contributed by atoms with Crippen molar-refractivity contribution in [2.24, 2.45) is 0 Å². The number of nitrogens with zero attached hydrogens (tertiary/aromatic N) is 5. The summed E-state index contributed by atoms with van der Waals surface area (Å²) in [6.45, 7) is 4.18. The van der Waals surface area contributed by atoms with Crippen molar-refractivity contribution in [2.75, 3.05) is 18.0 Å². The van der Waals surface area contributed by atoms with Gasteiger partial charge >= 0.3 is 0 Å². The van der Waals surface area contributed by atoms with Crippen LogP contribution in [-0.2, 0) is 0 Å². The van der Waals surface area contributed by atoms with Crippen LogP contribution in [0.5, 0.6) is 0 Å². The number of pyridine rings is 1. The van der Waals surface area contributed by atoms with Crippen molar-refractivity contribution in [3.8, 4) is 11.5 Å². The summed E-state index contributed by atoms with van der Waals surface area (Å²) >= 11 is 0. The van der Waals surface area contributed by atoms with Gasteiger partial charge in [-0.15, -0.1) is 0 Å². The summed E-state index contributed by atoms with van der Waals surface area (Å²) in [5.41, 5.74) is 2.87. The Balaban J connectivity index is 1.80. The predicted molar refractivity (Wildman–Crippen MR) is 87.0 cm³/mol. The molecule has 0 aliphatic carbocycles. The van der Waals surface area contributed by atoms with Crippen molar-refractivity contribution in [3.05, 3.63) is 42.4 Å². The summed E-state index contributed by atoms with van der Waals surface area (Å²) < 4.78 is 2.06. The molecule has 0 atom stereocenters. The average Bonchev–Trinajstić information content (AvgIpc) is 2.91. The van der Waals surface area contributed by atoms with Crippen LogP contribution in [0, 0.1) is 6.92 Å². The van der Waals surface area contributed by atoms with Gasteiger partial charge in [-0.05, 0) is 44.4 Å². The number of imidazole rings is 1. The molecule has 4 heterocycles. The summed E-state index contributed by atoms with van der Waals surface area (Å²) in [5, 5.41) is 0. The summed E-state index contributed by atoms with van der Waals surface area (Å²) in [4.78, 5) is 16.2. The van der Waals surface area contributed by atoms with Gasteiger partial charge in [0.15, 0.2) is 5.82 Å². The molecule has 5 nitrogen and oxygen atoms in total. The van der Waals surface area contributed by atoms with Crippen molar-refractivity contribution < 1.29 is 0 Å².